The van der Waals surface area contributed by atoms with Gasteiger partial charge in [-0.1, -0.05) is 37.1 Å². The number of pyridine rings is 1. The summed E-state index contributed by atoms with van der Waals surface area (Å²) in [5.41, 5.74) is 7.48. The lowest BCUT2D eigenvalue weighted by Gasteiger charge is -2.35. The number of carbonyl (C=O) groups excluding carboxylic acids is 7. The first-order valence-electron chi connectivity index (χ1n) is 26.4. The molecule has 1 aromatic heterocycles. The van der Waals surface area contributed by atoms with E-state index < -0.39 is 29.7 Å². The Bertz CT molecular complexity index is 2670. The predicted octanol–water partition coefficient (Wildman–Crippen LogP) is 6.26. The minimum absolute atomic E-state index is 0.0663. The fraction of sp³-hybridized carbons (Fsp3) is 0.491. The van der Waals surface area contributed by atoms with Gasteiger partial charge in [-0.25, -0.2) is 4.98 Å². The number of nitrogens with zero attached hydrogens (tertiary/aromatic N) is 4. The molecule has 3 aromatic rings. The van der Waals surface area contributed by atoms with E-state index in [1.807, 2.05) is 51.2 Å². The summed E-state index contributed by atoms with van der Waals surface area (Å²) in [5, 5.41) is 16.9. The Morgan fingerprint density at radius 1 is 0.880 bits per heavy atom. The second kappa shape index (κ2) is 27.2. The highest BCUT2D eigenvalue weighted by atomic mass is 16.5. The van der Waals surface area contributed by atoms with Gasteiger partial charge >= 0.3 is 0 Å². The van der Waals surface area contributed by atoms with Gasteiger partial charge in [0.2, 0.25) is 17.7 Å². The van der Waals surface area contributed by atoms with Gasteiger partial charge in [0, 0.05) is 112 Å². The van der Waals surface area contributed by atoms with Crippen molar-refractivity contribution in [1.29, 1.82) is 5.41 Å². The summed E-state index contributed by atoms with van der Waals surface area (Å²) in [5.74, 6) is -1.31. The molecule has 1 unspecified atom stereocenters. The number of rotatable bonds is 28. The van der Waals surface area contributed by atoms with E-state index in [-0.39, 0.29) is 61.4 Å². The molecule has 400 valence electrons. The van der Waals surface area contributed by atoms with Crippen LogP contribution in [0.1, 0.15) is 128 Å². The standard InChI is InChI=1S/C57H72N8O10/c1-5-8-40-31-38(4)32-50(67)43(40)13-15-49(66)45-33-42(34-47(46(45)35-58)61-37(2)3)41-12-16-51(60-36-41)64-23-21-63(22-24-64)20-19-59-52(68)18-26-74-28-30-75-29-27-73-25-7-10-39-9-6-11-44-54(39)57(72)65(56(44)71)48-14-17-53(69)62-55(48)70/h6,9,11-12,16,31,33-37,48,58,61H,5,7-8,10,13-15,17-30,32H2,1-4H3,(H,59,68)(H,62,69,70). The van der Waals surface area contributed by atoms with Crippen molar-refractivity contribution in [1.82, 2.24) is 25.4 Å². The minimum atomic E-state index is -1.00. The molecule has 75 heavy (non-hydrogen) atoms. The normalized spacial score (nSPS) is 17.2. The maximum atomic E-state index is 14.0. The van der Waals surface area contributed by atoms with Crippen molar-refractivity contribution < 1.29 is 47.8 Å². The Labute approximate surface area is 439 Å². The molecule has 18 nitrogen and oxygen atoms in total. The molecule has 4 N–H and O–H groups in total. The lowest BCUT2D eigenvalue weighted by Crippen LogP contribution is -2.54. The van der Waals surface area contributed by atoms with Gasteiger partial charge in [0.05, 0.1) is 44.2 Å². The summed E-state index contributed by atoms with van der Waals surface area (Å²) in [6.07, 6.45) is 9.36. The monoisotopic (exact) mass is 1030 g/mol. The number of piperidine rings is 1. The highest BCUT2D eigenvalue weighted by Gasteiger charge is 2.45. The summed E-state index contributed by atoms with van der Waals surface area (Å²) in [6.45, 7) is 14.7. The van der Waals surface area contributed by atoms with Gasteiger partial charge in [-0.2, -0.15) is 0 Å². The number of ether oxygens (including phenoxy) is 3. The molecule has 2 aromatic carbocycles. The van der Waals surface area contributed by atoms with Crippen molar-refractivity contribution >= 4 is 58.8 Å². The van der Waals surface area contributed by atoms with Crippen molar-refractivity contribution in [3.63, 3.8) is 0 Å². The molecule has 7 rings (SSSR count). The van der Waals surface area contributed by atoms with Crippen LogP contribution in [0.5, 0.6) is 0 Å². The number of hydrogen-bond acceptors (Lipinski definition) is 15. The Balaban J connectivity index is 0.752. The minimum Gasteiger partial charge on any atom is -0.382 e. The molecule has 2 saturated heterocycles. The summed E-state index contributed by atoms with van der Waals surface area (Å²) in [7, 11) is 0. The molecule has 0 bridgehead atoms. The van der Waals surface area contributed by atoms with Gasteiger partial charge in [0.1, 0.15) is 11.9 Å². The average Bonchev–Trinajstić information content (AvgIpc) is 3.66. The van der Waals surface area contributed by atoms with E-state index in [2.05, 4.69) is 38.7 Å². The smallest absolute Gasteiger partial charge is 0.262 e. The number of imide groups is 2. The molecular weight excluding hydrogens is 957 g/mol. The number of nitrogens with one attached hydrogen (secondary N) is 4. The zero-order valence-electron chi connectivity index (χ0n) is 43.9. The SMILES string of the molecule is CCCC1=C(CCC(=O)c2cc(-c3ccc(N4CCN(CCNC(=O)CCOCCOCCOCCCc5cccc6c5C(=O)N(C5CCC(=O)NC5=O)C6=O)CC4)nc3)cc(NC(C)C)c2C=N)C(=O)CC(C)=C1. The van der Waals surface area contributed by atoms with Gasteiger partial charge in [-0.05, 0) is 105 Å². The number of piperazine rings is 1. The van der Waals surface area contributed by atoms with Gasteiger partial charge in [0.15, 0.2) is 11.6 Å². The number of Topliss-reactive ketones (excluding diaryl/α,β-unsaturated/α-hetero) is 2. The molecule has 3 aliphatic heterocycles. The van der Waals surface area contributed by atoms with E-state index in [0.29, 0.717) is 93.2 Å². The number of hydrogen-bond donors (Lipinski definition) is 4. The lowest BCUT2D eigenvalue weighted by molar-refractivity contribution is -0.136. The van der Waals surface area contributed by atoms with Crippen molar-refractivity contribution in [3.05, 3.63) is 99.3 Å². The second-order valence-corrected chi connectivity index (χ2v) is 19.8. The summed E-state index contributed by atoms with van der Waals surface area (Å²) in [4.78, 5) is 100. The third-order valence-corrected chi connectivity index (χ3v) is 13.8. The first-order valence-corrected chi connectivity index (χ1v) is 26.4. The number of benzene rings is 2. The molecule has 2 fully saturated rings. The van der Waals surface area contributed by atoms with Crippen LogP contribution in [0.2, 0.25) is 0 Å². The van der Waals surface area contributed by atoms with E-state index in [9.17, 15) is 33.6 Å². The fourth-order valence-corrected chi connectivity index (χ4v) is 10.0. The summed E-state index contributed by atoms with van der Waals surface area (Å²) < 4.78 is 16.9. The zero-order chi connectivity index (χ0) is 53.4. The Kier molecular flexibility index (Phi) is 20.3. The van der Waals surface area contributed by atoms with Crippen LogP contribution < -0.4 is 20.9 Å². The summed E-state index contributed by atoms with van der Waals surface area (Å²) >= 11 is 0. The number of aromatic nitrogens is 1. The van der Waals surface area contributed by atoms with Crippen LogP contribution >= 0.6 is 0 Å². The molecular formula is C57H72N8O10. The fourth-order valence-electron chi connectivity index (χ4n) is 10.0. The van der Waals surface area contributed by atoms with Crippen LogP contribution in [-0.2, 0) is 39.8 Å². The maximum Gasteiger partial charge on any atom is 0.262 e. The number of anilines is 2. The third-order valence-electron chi connectivity index (χ3n) is 13.8. The Morgan fingerprint density at radius 2 is 1.63 bits per heavy atom. The van der Waals surface area contributed by atoms with E-state index >= 15 is 0 Å². The molecule has 4 aliphatic rings. The van der Waals surface area contributed by atoms with E-state index in [0.717, 1.165) is 84.1 Å². The topological polar surface area (TPSA) is 230 Å². The number of carbonyl (C=O) groups is 7. The zero-order valence-corrected chi connectivity index (χ0v) is 43.9. The van der Waals surface area contributed by atoms with E-state index in [1.54, 1.807) is 18.2 Å². The van der Waals surface area contributed by atoms with Crippen molar-refractivity contribution in [2.45, 2.75) is 104 Å². The highest BCUT2D eigenvalue weighted by Crippen LogP contribution is 2.34. The molecule has 5 amide bonds. The first kappa shape index (κ1) is 56.0. The third kappa shape index (κ3) is 14.8. The van der Waals surface area contributed by atoms with E-state index in [1.165, 1.54) is 6.21 Å². The van der Waals surface area contributed by atoms with Crippen LogP contribution in [0.4, 0.5) is 11.5 Å². The van der Waals surface area contributed by atoms with Gasteiger partial charge in [0.25, 0.3) is 11.8 Å². The van der Waals surface area contributed by atoms with Gasteiger partial charge < -0.3 is 35.2 Å². The molecule has 0 radical (unpaired) electrons. The maximum absolute atomic E-state index is 14.0. The predicted molar refractivity (Wildman–Crippen MR) is 285 cm³/mol. The molecule has 0 spiro atoms. The van der Waals surface area contributed by atoms with E-state index in [4.69, 9.17) is 24.6 Å². The van der Waals surface area contributed by atoms with Crippen LogP contribution in [0, 0.1) is 5.41 Å². The average molecular weight is 1030 g/mol. The van der Waals surface area contributed by atoms with Crippen molar-refractivity contribution in [2.24, 2.45) is 0 Å². The highest BCUT2D eigenvalue weighted by molar-refractivity contribution is 6.24. The number of amides is 5. The van der Waals surface area contributed by atoms with Crippen molar-refractivity contribution in [3.8, 4) is 11.1 Å². The van der Waals surface area contributed by atoms with Crippen LogP contribution in [0.15, 0.2) is 71.5 Å². The number of ketones is 2. The number of allylic oxidation sites excluding steroid dienone is 4. The van der Waals surface area contributed by atoms with Crippen LogP contribution in [-0.4, -0.2) is 153 Å². The van der Waals surface area contributed by atoms with Crippen LogP contribution in [0.25, 0.3) is 11.1 Å². The first-order chi connectivity index (χ1) is 36.3. The second-order valence-electron chi connectivity index (χ2n) is 19.8. The summed E-state index contributed by atoms with van der Waals surface area (Å²) in [6, 6.07) is 12.0. The molecule has 4 heterocycles. The van der Waals surface area contributed by atoms with Gasteiger partial charge in [-0.3, -0.25) is 48.7 Å². The van der Waals surface area contributed by atoms with Gasteiger partial charge in [-0.15, -0.1) is 0 Å². The molecule has 0 saturated carbocycles. The number of aryl methyl sites for hydroxylation is 1. The lowest BCUT2D eigenvalue weighted by atomic mass is 9.86. The number of fused-ring (bicyclic) bond motifs is 1. The molecule has 1 aliphatic carbocycles. The Morgan fingerprint density at radius 3 is 2.32 bits per heavy atom. The Hall–Kier alpha value is -6.73. The largest absolute Gasteiger partial charge is 0.382 e. The molecule has 18 heteroatoms. The van der Waals surface area contributed by atoms with Crippen LogP contribution in [0.3, 0.4) is 0 Å². The van der Waals surface area contributed by atoms with Crippen molar-refractivity contribution in [2.75, 3.05) is 89.1 Å². The molecule has 1 atom stereocenters. The quantitative estimate of drug-likeness (QED) is 0.0273.